The van der Waals surface area contributed by atoms with E-state index >= 15 is 0 Å². The zero-order valence-corrected chi connectivity index (χ0v) is 10.1. The molecule has 0 amide bonds. The molecule has 0 aromatic carbocycles. The van der Waals surface area contributed by atoms with Crippen LogP contribution in [0, 0.1) is 0 Å². The minimum atomic E-state index is 0.504. The van der Waals surface area contributed by atoms with Gasteiger partial charge in [-0.2, -0.15) is 11.8 Å². The van der Waals surface area contributed by atoms with E-state index in [0.29, 0.717) is 4.75 Å². The van der Waals surface area contributed by atoms with E-state index in [1.54, 1.807) is 6.26 Å². The van der Waals surface area contributed by atoms with Gasteiger partial charge in [0.2, 0.25) is 0 Å². The fourth-order valence-electron chi connectivity index (χ4n) is 2.30. The van der Waals surface area contributed by atoms with Gasteiger partial charge in [0.1, 0.15) is 0 Å². The highest BCUT2D eigenvalue weighted by Crippen LogP contribution is 2.39. The van der Waals surface area contributed by atoms with E-state index in [2.05, 4.69) is 11.6 Å². The van der Waals surface area contributed by atoms with Gasteiger partial charge in [0, 0.05) is 23.4 Å². The van der Waals surface area contributed by atoms with Crippen molar-refractivity contribution in [2.24, 2.45) is 0 Å². The van der Waals surface area contributed by atoms with Crippen LogP contribution in [-0.4, -0.2) is 17.5 Å². The summed E-state index contributed by atoms with van der Waals surface area (Å²) < 4.78 is 5.55. The maximum absolute atomic E-state index is 5.04. The van der Waals surface area contributed by atoms with Crippen molar-refractivity contribution < 1.29 is 4.42 Å². The van der Waals surface area contributed by atoms with Crippen LogP contribution in [0.3, 0.4) is 0 Å². The lowest BCUT2D eigenvalue weighted by Gasteiger charge is -2.26. The third-order valence-electron chi connectivity index (χ3n) is 3.30. The molecule has 0 saturated heterocycles. The first-order chi connectivity index (χ1) is 7.35. The lowest BCUT2D eigenvalue weighted by atomic mass is 10.1. The summed E-state index contributed by atoms with van der Waals surface area (Å²) in [6.45, 7) is 2.05. The predicted octanol–water partition coefficient (Wildman–Crippen LogP) is 3.05. The summed E-state index contributed by atoms with van der Waals surface area (Å²) in [6.07, 6.45) is 11.3. The normalized spacial score (nSPS) is 19.5. The Balaban J connectivity index is 1.77. The Morgan fingerprint density at radius 2 is 2.27 bits per heavy atom. The maximum Gasteiger partial charge on any atom is 0.0947 e. The second-order valence-electron chi connectivity index (χ2n) is 4.33. The summed E-state index contributed by atoms with van der Waals surface area (Å²) in [5, 5.41) is 3.54. The first-order valence-electron chi connectivity index (χ1n) is 5.62. The second kappa shape index (κ2) is 5.08. The molecular weight excluding hydrogens is 206 g/mol. The first-order valence-corrected chi connectivity index (χ1v) is 6.84. The summed E-state index contributed by atoms with van der Waals surface area (Å²) in [5.41, 5.74) is 1.24. The Kier molecular flexibility index (Phi) is 3.76. The van der Waals surface area contributed by atoms with Gasteiger partial charge in [-0.05, 0) is 25.2 Å². The smallest absolute Gasteiger partial charge is 0.0947 e. The highest BCUT2D eigenvalue weighted by Gasteiger charge is 2.32. The number of thioether (sulfide) groups is 1. The van der Waals surface area contributed by atoms with E-state index in [9.17, 15) is 0 Å². The third kappa shape index (κ3) is 2.79. The van der Waals surface area contributed by atoms with E-state index < -0.39 is 0 Å². The van der Waals surface area contributed by atoms with E-state index in [4.69, 9.17) is 4.42 Å². The third-order valence-corrected chi connectivity index (χ3v) is 4.72. The van der Waals surface area contributed by atoms with Crippen LogP contribution in [0.15, 0.2) is 23.0 Å². The monoisotopic (exact) mass is 225 g/mol. The van der Waals surface area contributed by atoms with Crippen molar-refractivity contribution in [1.29, 1.82) is 0 Å². The quantitative estimate of drug-likeness (QED) is 0.834. The molecular formula is C12H19NOS. The van der Waals surface area contributed by atoms with Gasteiger partial charge in [-0.1, -0.05) is 12.8 Å². The second-order valence-corrected chi connectivity index (χ2v) is 5.60. The molecule has 3 heteroatoms. The lowest BCUT2D eigenvalue weighted by molar-refractivity contribution is 0.527. The van der Waals surface area contributed by atoms with Crippen molar-refractivity contribution >= 4 is 11.8 Å². The van der Waals surface area contributed by atoms with Crippen LogP contribution in [0.25, 0.3) is 0 Å². The Labute approximate surface area is 95.8 Å². The molecule has 2 nitrogen and oxygen atoms in total. The van der Waals surface area contributed by atoms with E-state index in [-0.39, 0.29) is 0 Å². The highest BCUT2D eigenvalue weighted by atomic mass is 32.2. The van der Waals surface area contributed by atoms with Gasteiger partial charge in [-0.15, -0.1) is 0 Å². The summed E-state index contributed by atoms with van der Waals surface area (Å²) >= 11 is 2.03. The van der Waals surface area contributed by atoms with Crippen molar-refractivity contribution in [1.82, 2.24) is 5.32 Å². The summed E-state index contributed by atoms with van der Waals surface area (Å²) in [7, 11) is 0. The van der Waals surface area contributed by atoms with E-state index in [0.717, 1.165) is 13.1 Å². The van der Waals surface area contributed by atoms with E-state index in [1.165, 1.54) is 31.2 Å². The summed E-state index contributed by atoms with van der Waals surface area (Å²) in [4.78, 5) is 0. The Bertz CT molecular complexity index is 278. The molecule has 15 heavy (non-hydrogen) atoms. The molecule has 1 saturated carbocycles. The minimum Gasteiger partial charge on any atom is -0.472 e. The van der Waals surface area contributed by atoms with Gasteiger partial charge in [0.05, 0.1) is 12.5 Å². The zero-order valence-electron chi connectivity index (χ0n) is 9.29. The van der Waals surface area contributed by atoms with Gasteiger partial charge >= 0.3 is 0 Å². The van der Waals surface area contributed by atoms with Crippen LogP contribution in [0.5, 0.6) is 0 Å². The van der Waals surface area contributed by atoms with Gasteiger partial charge in [0.15, 0.2) is 0 Å². The van der Waals surface area contributed by atoms with E-state index in [1.807, 2.05) is 24.1 Å². The fourth-order valence-corrected chi connectivity index (χ4v) is 3.24. The molecule has 1 aliphatic rings. The van der Waals surface area contributed by atoms with Crippen LogP contribution in [0.1, 0.15) is 31.2 Å². The van der Waals surface area contributed by atoms with Crippen LogP contribution in [0.2, 0.25) is 0 Å². The van der Waals surface area contributed by atoms with Crippen molar-refractivity contribution in [3.05, 3.63) is 24.2 Å². The zero-order chi connectivity index (χ0) is 10.6. The number of hydrogen-bond donors (Lipinski definition) is 1. The average Bonchev–Trinajstić information content (AvgIpc) is 2.89. The molecule has 0 atom stereocenters. The van der Waals surface area contributed by atoms with Crippen LogP contribution >= 0.6 is 11.8 Å². The van der Waals surface area contributed by atoms with Gasteiger partial charge in [0.25, 0.3) is 0 Å². The first kappa shape index (κ1) is 11.1. The van der Waals surface area contributed by atoms with Crippen molar-refractivity contribution in [2.75, 3.05) is 12.8 Å². The number of furan rings is 1. The molecule has 1 fully saturated rings. The SMILES string of the molecule is CSC1(CNCc2ccoc2)CCCC1. The predicted molar refractivity (Wildman–Crippen MR) is 65.1 cm³/mol. The molecule has 1 heterocycles. The molecule has 0 aliphatic heterocycles. The summed E-state index contributed by atoms with van der Waals surface area (Å²) in [6, 6.07) is 2.02. The lowest BCUT2D eigenvalue weighted by Crippen LogP contribution is -2.34. The molecule has 2 rings (SSSR count). The molecule has 1 aliphatic carbocycles. The van der Waals surface area contributed by atoms with Gasteiger partial charge in [-0.3, -0.25) is 0 Å². The van der Waals surface area contributed by atoms with Crippen LogP contribution < -0.4 is 5.32 Å². The van der Waals surface area contributed by atoms with Crippen molar-refractivity contribution in [3.63, 3.8) is 0 Å². The topological polar surface area (TPSA) is 25.2 Å². The standard InChI is InChI=1S/C12H19NOS/c1-15-12(5-2-3-6-12)10-13-8-11-4-7-14-9-11/h4,7,9,13H,2-3,5-6,8,10H2,1H3. The van der Waals surface area contributed by atoms with Crippen LogP contribution in [-0.2, 0) is 6.54 Å². The Hall–Kier alpha value is -0.410. The Morgan fingerprint density at radius 1 is 1.47 bits per heavy atom. The van der Waals surface area contributed by atoms with Gasteiger partial charge < -0.3 is 9.73 Å². The molecule has 84 valence electrons. The fraction of sp³-hybridized carbons (Fsp3) is 0.667. The summed E-state index contributed by atoms with van der Waals surface area (Å²) in [5.74, 6) is 0. The average molecular weight is 225 g/mol. The Morgan fingerprint density at radius 3 is 2.87 bits per heavy atom. The van der Waals surface area contributed by atoms with Gasteiger partial charge in [-0.25, -0.2) is 0 Å². The number of rotatable bonds is 5. The molecule has 1 aromatic rings. The molecule has 1 N–H and O–H groups in total. The largest absolute Gasteiger partial charge is 0.472 e. The maximum atomic E-state index is 5.04. The number of nitrogens with one attached hydrogen (secondary N) is 1. The minimum absolute atomic E-state index is 0.504. The van der Waals surface area contributed by atoms with Crippen LogP contribution in [0.4, 0.5) is 0 Å². The molecule has 0 radical (unpaired) electrons. The van der Waals surface area contributed by atoms with Crippen molar-refractivity contribution in [2.45, 2.75) is 37.0 Å². The highest BCUT2D eigenvalue weighted by molar-refractivity contribution is 8.00. The molecule has 0 unspecified atom stereocenters. The van der Waals surface area contributed by atoms with Crippen molar-refractivity contribution in [3.8, 4) is 0 Å². The molecule has 0 spiro atoms. The number of hydrogen-bond acceptors (Lipinski definition) is 3. The molecule has 0 bridgehead atoms. The molecule has 1 aromatic heterocycles.